The number of alkyl halides is 2. The molecule has 2 nitrogen and oxygen atoms in total. The standard InChI is InChI=1S/C15H16F2O2/c16-15(17)9-13(10-15)7-4-8-14(18)19-11-12-5-2-1-3-6-12/h1-6,8,13H,7,9-11H2. The SMILES string of the molecule is O=C(C=CCC1CC(F)(F)C1)OCc1ccccc1. The molecule has 0 unspecified atom stereocenters. The highest BCUT2D eigenvalue weighted by Crippen LogP contribution is 2.44. The first-order valence-electron chi connectivity index (χ1n) is 6.30. The lowest BCUT2D eigenvalue weighted by Gasteiger charge is -2.34. The molecule has 0 saturated heterocycles. The Labute approximate surface area is 111 Å². The van der Waals surface area contributed by atoms with Gasteiger partial charge in [-0.05, 0) is 17.9 Å². The Morgan fingerprint density at radius 3 is 2.63 bits per heavy atom. The summed E-state index contributed by atoms with van der Waals surface area (Å²) in [7, 11) is 0. The average molecular weight is 266 g/mol. The van der Waals surface area contributed by atoms with Crippen LogP contribution in [-0.4, -0.2) is 11.9 Å². The van der Waals surface area contributed by atoms with Crippen LogP contribution in [0.3, 0.4) is 0 Å². The quantitative estimate of drug-likeness (QED) is 0.599. The minimum Gasteiger partial charge on any atom is -0.458 e. The lowest BCUT2D eigenvalue weighted by atomic mass is 9.79. The van der Waals surface area contributed by atoms with Crippen LogP contribution in [0.5, 0.6) is 0 Å². The van der Waals surface area contributed by atoms with Crippen LogP contribution in [0.15, 0.2) is 42.5 Å². The Kier molecular flexibility index (Phi) is 4.30. The van der Waals surface area contributed by atoms with Gasteiger partial charge in [0.2, 0.25) is 5.92 Å². The maximum absolute atomic E-state index is 12.6. The molecular formula is C15H16F2O2. The molecule has 1 aromatic rings. The van der Waals surface area contributed by atoms with Crippen molar-refractivity contribution in [3.05, 3.63) is 48.0 Å². The largest absolute Gasteiger partial charge is 0.458 e. The number of halogens is 2. The molecule has 0 heterocycles. The van der Waals surface area contributed by atoms with Gasteiger partial charge in [0, 0.05) is 18.9 Å². The van der Waals surface area contributed by atoms with Crippen molar-refractivity contribution in [2.45, 2.75) is 31.8 Å². The van der Waals surface area contributed by atoms with Gasteiger partial charge in [-0.3, -0.25) is 0 Å². The Bertz CT molecular complexity index is 446. The van der Waals surface area contributed by atoms with E-state index in [1.54, 1.807) is 6.08 Å². The number of esters is 1. The first-order valence-corrected chi connectivity index (χ1v) is 6.30. The highest BCUT2D eigenvalue weighted by molar-refractivity contribution is 5.81. The van der Waals surface area contributed by atoms with E-state index in [1.807, 2.05) is 30.3 Å². The normalized spacial score (nSPS) is 18.2. The molecule has 0 radical (unpaired) electrons. The third kappa shape index (κ3) is 4.47. The third-order valence-corrected chi connectivity index (χ3v) is 3.12. The van der Waals surface area contributed by atoms with Crippen molar-refractivity contribution in [2.24, 2.45) is 5.92 Å². The first-order chi connectivity index (χ1) is 9.05. The molecule has 1 aliphatic rings. The van der Waals surface area contributed by atoms with Crippen molar-refractivity contribution in [3.8, 4) is 0 Å². The molecule has 0 aliphatic heterocycles. The van der Waals surface area contributed by atoms with E-state index in [2.05, 4.69) is 0 Å². The van der Waals surface area contributed by atoms with Crippen molar-refractivity contribution in [2.75, 3.05) is 0 Å². The van der Waals surface area contributed by atoms with Gasteiger partial charge in [0.25, 0.3) is 0 Å². The average Bonchev–Trinajstić information content (AvgIpc) is 2.35. The second-order valence-electron chi connectivity index (χ2n) is 4.86. The van der Waals surface area contributed by atoms with E-state index in [0.717, 1.165) is 5.56 Å². The molecule has 0 amide bonds. The number of carbonyl (C=O) groups excluding carboxylic acids is 1. The van der Waals surface area contributed by atoms with Crippen LogP contribution in [0.25, 0.3) is 0 Å². The number of ether oxygens (including phenoxy) is 1. The van der Waals surface area contributed by atoms with Crippen molar-refractivity contribution in [1.29, 1.82) is 0 Å². The Morgan fingerprint density at radius 2 is 2.00 bits per heavy atom. The summed E-state index contributed by atoms with van der Waals surface area (Å²) in [6.45, 7) is 0.228. The Morgan fingerprint density at radius 1 is 1.32 bits per heavy atom. The first kappa shape index (κ1) is 13.7. The summed E-state index contributed by atoms with van der Waals surface area (Å²) in [5.74, 6) is -2.94. The summed E-state index contributed by atoms with van der Waals surface area (Å²) in [5, 5.41) is 0. The number of carbonyl (C=O) groups is 1. The van der Waals surface area contributed by atoms with Crippen LogP contribution in [0.1, 0.15) is 24.8 Å². The fourth-order valence-corrected chi connectivity index (χ4v) is 2.09. The lowest BCUT2D eigenvalue weighted by molar-refractivity contribution is -0.139. The predicted octanol–water partition coefficient (Wildman–Crippen LogP) is 3.72. The van der Waals surface area contributed by atoms with Crippen LogP contribution >= 0.6 is 0 Å². The van der Waals surface area contributed by atoms with Crippen LogP contribution in [0, 0.1) is 5.92 Å². The number of hydrogen-bond acceptors (Lipinski definition) is 2. The molecule has 0 spiro atoms. The van der Waals surface area contributed by atoms with E-state index in [-0.39, 0.29) is 25.4 Å². The zero-order chi connectivity index (χ0) is 13.7. The van der Waals surface area contributed by atoms with Crippen molar-refractivity contribution in [3.63, 3.8) is 0 Å². The van der Waals surface area contributed by atoms with Gasteiger partial charge in [-0.15, -0.1) is 0 Å². The summed E-state index contributed by atoms with van der Waals surface area (Å²) in [6.07, 6.45) is 3.30. The summed E-state index contributed by atoms with van der Waals surface area (Å²) in [5.41, 5.74) is 0.919. The van der Waals surface area contributed by atoms with Gasteiger partial charge in [-0.25, -0.2) is 13.6 Å². The number of allylic oxidation sites excluding steroid dienone is 1. The maximum atomic E-state index is 12.6. The number of hydrogen-bond donors (Lipinski definition) is 0. The summed E-state index contributed by atoms with van der Waals surface area (Å²) in [6, 6.07) is 9.37. The third-order valence-electron chi connectivity index (χ3n) is 3.12. The van der Waals surface area contributed by atoms with Crippen molar-refractivity contribution in [1.82, 2.24) is 0 Å². The molecule has 0 aromatic heterocycles. The topological polar surface area (TPSA) is 26.3 Å². The molecule has 0 N–H and O–H groups in total. The van der Waals surface area contributed by atoms with E-state index in [4.69, 9.17) is 4.74 Å². The van der Waals surface area contributed by atoms with E-state index < -0.39 is 11.9 Å². The lowest BCUT2D eigenvalue weighted by Crippen LogP contribution is -2.34. The van der Waals surface area contributed by atoms with Gasteiger partial charge in [0.15, 0.2) is 0 Å². The molecule has 1 saturated carbocycles. The Hall–Kier alpha value is -1.71. The molecule has 19 heavy (non-hydrogen) atoms. The smallest absolute Gasteiger partial charge is 0.330 e. The minimum absolute atomic E-state index is 0.00632. The van der Waals surface area contributed by atoms with Crippen LogP contribution < -0.4 is 0 Å². The minimum atomic E-state index is -2.49. The molecular weight excluding hydrogens is 250 g/mol. The van der Waals surface area contributed by atoms with E-state index in [1.165, 1.54) is 6.08 Å². The highest BCUT2D eigenvalue weighted by Gasteiger charge is 2.44. The predicted molar refractivity (Wildman–Crippen MR) is 67.7 cm³/mol. The summed E-state index contributed by atoms with van der Waals surface area (Å²) >= 11 is 0. The summed E-state index contributed by atoms with van der Waals surface area (Å²) in [4.78, 5) is 11.4. The van der Waals surface area contributed by atoms with Gasteiger partial charge >= 0.3 is 5.97 Å². The summed E-state index contributed by atoms with van der Waals surface area (Å²) < 4.78 is 30.2. The molecule has 1 aromatic carbocycles. The van der Waals surface area contributed by atoms with Crippen LogP contribution in [0.4, 0.5) is 8.78 Å². The van der Waals surface area contributed by atoms with Gasteiger partial charge in [0.1, 0.15) is 6.61 Å². The van der Waals surface area contributed by atoms with Gasteiger partial charge in [0.05, 0.1) is 0 Å². The number of benzene rings is 1. The Balaban J connectivity index is 1.65. The zero-order valence-electron chi connectivity index (χ0n) is 10.5. The molecule has 0 bridgehead atoms. The van der Waals surface area contributed by atoms with Crippen LogP contribution in [0.2, 0.25) is 0 Å². The van der Waals surface area contributed by atoms with Crippen molar-refractivity contribution < 1.29 is 18.3 Å². The van der Waals surface area contributed by atoms with Gasteiger partial charge in [-0.1, -0.05) is 36.4 Å². The van der Waals surface area contributed by atoms with Crippen molar-refractivity contribution >= 4 is 5.97 Å². The fourth-order valence-electron chi connectivity index (χ4n) is 2.09. The molecule has 102 valence electrons. The van der Waals surface area contributed by atoms with Gasteiger partial charge < -0.3 is 4.74 Å². The zero-order valence-corrected chi connectivity index (χ0v) is 10.5. The van der Waals surface area contributed by atoms with Gasteiger partial charge in [-0.2, -0.15) is 0 Å². The highest BCUT2D eigenvalue weighted by atomic mass is 19.3. The second kappa shape index (κ2) is 5.95. The molecule has 1 aliphatic carbocycles. The van der Waals surface area contributed by atoms with Crippen LogP contribution in [-0.2, 0) is 16.1 Å². The molecule has 0 atom stereocenters. The molecule has 4 heteroatoms. The monoisotopic (exact) mass is 266 g/mol. The second-order valence-corrected chi connectivity index (χ2v) is 4.86. The maximum Gasteiger partial charge on any atom is 0.330 e. The molecule has 2 rings (SSSR count). The van der Waals surface area contributed by atoms with E-state index in [9.17, 15) is 13.6 Å². The number of rotatable bonds is 5. The van der Waals surface area contributed by atoms with E-state index in [0.29, 0.717) is 6.42 Å². The van der Waals surface area contributed by atoms with E-state index >= 15 is 0 Å². The fraction of sp³-hybridized carbons (Fsp3) is 0.400. The molecule has 1 fully saturated rings.